The Bertz CT molecular complexity index is 450. The number of hydrogen-bond donors (Lipinski definition) is 3. The molecule has 6 nitrogen and oxygen atoms in total. The molecule has 1 aromatic heterocycles. The van der Waals surface area contributed by atoms with Crippen molar-refractivity contribution in [3.8, 4) is 0 Å². The summed E-state index contributed by atoms with van der Waals surface area (Å²) in [5.74, 6) is -0.380. The van der Waals surface area contributed by atoms with Gasteiger partial charge in [-0.2, -0.15) is 0 Å². The monoisotopic (exact) mass is 251 g/mol. The van der Waals surface area contributed by atoms with Crippen LogP contribution in [-0.4, -0.2) is 38.8 Å². The number of aromatic nitrogens is 2. The first kappa shape index (κ1) is 12.8. The molecule has 0 bridgehead atoms. The van der Waals surface area contributed by atoms with Gasteiger partial charge < -0.3 is 15.5 Å². The third-order valence-electron chi connectivity index (χ3n) is 3.35. The number of rotatable bonds is 4. The van der Waals surface area contributed by atoms with E-state index < -0.39 is 5.97 Å². The average Bonchev–Trinajstić information content (AvgIpc) is 2.72. The van der Waals surface area contributed by atoms with E-state index in [9.17, 15) is 9.90 Å². The number of carbonyl (C=O) groups is 1. The fourth-order valence-electron chi connectivity index (χ4n) is 2.24. The minimum atomic E-state index is -1.02. The lowest BCUT2D eigenvalue weighted by atomic mass is 10.1. The van der Waals surface area contributed by atoms with E-state index in [2.05, 4.69) is 15.3 Å². The molecule has 18 heavy (non-hydrogen) atoms. The third-order valence-corrected chi connectivity index (χ3v) is 3.35. The fraction of sp³-hybridized carbons (Fsp3) is 0.583. The topological polar surface area (TPSA) is 95.3 Å². The third kappa shape index (κ3) is 2.76. The largest absolute Gasteiger partial charge is 0.478 e. The van der Waals surface area contributed by atoms with E-state index in [0.717, 1.165) is 19.3 Å². The van der Waals surface area contributed by atoms with Gasteiger partial charge in [-0.3, -0.25) is 0 Å². The predicted molar refractivity (Wildman–Crippen MR) is 65.6 cm³/mol. The van der Waals surface area contributed by atoms with Crippen LogP contribution >= 0.6 is 0 Å². The Labute approximate surface area is 105 Å². The summed E-state index contributed by atoms with van der Waals surface area (Å²) in [5, 5.41) is 21.6. The highest BCUT2D eigenvalue weighted by Gasteiger charge is 2.25. The van der Waals surface area contributed by atoms with Crippen molar-refractivity contribution in [3.63, 3.8) is 0 Å². The highest BCUT2D eigenvalue weighted by Crippen LogP contribution is 2.25. The molecule has 1 aliphatic rings. The molecule has 0 spiro atoms. The lowest BCUT2D eigenvalue weighted by Crippen LogP contribution is -2.23. The van der Waals surface area contributed by atoms with Gasteiger partial charge in [0.25, 0.3) is 0 Å². The first-order valence-corrected chi connectivity index (χ1v) is 6.07. The molecule has 2 unspecified atom stereocenters. The highest BCUT2D eigenvalue weighted by molar-refractivity contribution is 5.88. The van der Waals surface area contributed by atoms with Crippen molar-refractivity contribution in [2.24, 2.45) is 5.92 Å². The minimum absolute atomic E-state index is 0.112. The van der Waals surface area contributed by atoms with Gasteiger partial charge in [0, 0.05) is 18.7 Å². The summed E-state index contributed by atoms with van der Waals surface area (Å²) in [6, 6.07) is 0. The van der Waals surface area contributed by atoms with Gasteiger partial charge in [0.1, 0.15) is 0 Å². The van der Waals surface area contributed by atoms with E-state index >= 15 is 0 Å². The van der Waals surface area contributed by atoms with E-state index in [1.165, 1.54) is 6.20 Å². The molecule has 1 fully saturated rings. The Morgan fingerprint density at radius 1 is 1.56 bits per heavy atom. The maximum Gasteiger partial charge on any atom is 0.339 e. The van der Waals surface area contributed by atoms with Gasteiger partial charge in [-0.15, -0.1) is 0 Å². The van der Waals surface area contributed by atoms with Crippen molar-refractivity contribution in [2.75, 3.05) is 11.9 Å². The van der Waals surface area contributed by atoms with Crippen LogP contribution in [0.4, 0.5) is 5.95 Å². The average molecular weight is 251 g/mol. The van der Waals surface area contributed by atoms with Crippen molar-refractivity contribution in [1.82, 2.24) is 9.97 Å². The van der Waals surface area contributed by atoms with Crippen LogP contribution in [0.2, 0.25) is 0 Å². The van der Waals surface area contributed by atoms with Gasteiger partial charge in [-0.1, -0.05) is 6.42 Å². The number of nitrogens with zero attached hydrogens (tertiary/aromatic N) is 2. The summed E-state index contributed by atoms with van der Waals surface area (Å²) in [6.07, 6.45) is 3.95. The molecule has 1 heterocycles. The Hall–Kier alpha value is -1.69. The summed E-state index contributed by atoms with van der Waals surface area (Å²) in [7, 11) is 0. The second kappa shape index (κ2) is 5.30. The Morgan fingerprint density at radius 3 is 2.89 bits per heavy atom. The summed E-state index contributed by atoms with van der Waals surface area (Å²) < 4.78 is 0. The van der Waals surface area contributed by atoms with Gasteiger partial charge in [0.05, 0.1) is 17.4 Å². The van der Waals surface area contributed by atoms with Crippen molar-refractivity contribution in [2.45, 2.75) is 32.3 Å². The number of carboxylic acids is 1. The minimum Gasteiger partial charge on any atom is -0.478 e. The van der Waals surface area contributed by atoms with Crippen molar-refractivity contribution < 1.29 is 15.0 Å². The molecule has 0 aromatic carbocycles. The summed E-state index contributed by atoms with van der Waals surface area (Å²) in [4.78, 5) is 18.9. The van der Waals surface area contributed by atoms with Gasteiger partial charge in [0.2, 0.25) is 5.95 Å². The summed E-state index contributed by atoms with van der Waals surface area (Å²) in [6.45, 7) is 2.26. The number of aliphatic hydroxyl groups is 1. The number of anilines is 1. The van der Waals surface area contributed by atoms with Crippen molar-refractivity contribution in [1.29, 1.82) is 0 Å². The zero-order valence-corrected chi connectivity index (χ0v) is 10.3. The molecule has 98 valence electrons. The van der Waals surface area contributed by atoms with Crippen LogP contribution in [0, 0.1) is 12.8 Å². The smallest absolute Gasteiger partial charge is 0.339 e. The standard InChI is InChI=1S/C12H17N3O3/c1-7-9(11(17)18)6-14-12(15-7)13-5-8-3-2-4-10(8)16/h6,8,10,16H,2-5H2,1H3,(H,17,18)(H,13,14,15). The van der Waals surface area contributed by atoms with E-state index in [1.807, 2.05) is 0 Å². The number of hydrogen-bond acceptors (Lipinski definition) is 5. The fourth-order valence-corrected chi connectivity index (χ4v) is 2.24. The van der Waals surface area contributed by atoms with E-state index in [1.54, 1.807) is 6.92 Å². The Balaban J connectivity index is 1.98. The molecule has 0 amide bonds. The SMILES string of the molecule is Cc1nc(NCC2CCCC2O)ncc1C(=O)O. The summed E-state index contributed by atoms with van der Waals surface area (Å²) >= 11 is 0. The molecule has 2 atom stereocenters. The van der Waals surface area contributed by atoms with Crippen molar-refractivity contribution in [3.05, 3.63) is 17.5 Å². The molecule has 1 aromatic rings. The maximum absolute atomic E-state index is 10.8. The lowest BCUT2D eigenvalue weighted by Gasteiger charge is -2.15. The van der Waals surface area contributed by atoms with Crippen LogP contribution in [0.3, 0.4) is 0 Å². The number of nitrogens with one attached hydrogen (secondary N) is 1. The second-order valence-electron chi connectivity index (χ2n) is 4.64. The molecule has 0 saturated heterocycles. The molecule has 0 aliphatic heterocycles. The van der Waals surface area contributed by atoms with Crippen LogP contribution in [0.25, 0.3) is 0 Å². The maximum atomic E-state index is 10.8. The van der Waals surface area contributed by atoms with Gasteiger partial charge in [0.15, 0.2) is 0 Å². The molecule has 0 radical (unpaired) electrons. The Morgan fingerprint density at radius 2 is 2.33 bits per heavy atom. The van der Waals surface area contributed by atoms with Gasteiger partial charge in [-0.05, 0) is 19.8 Å². The van der Waals surface area contributed by atoms with Crippen molar-refractivity contribution >= 4 is 11.9 Å². The number of aliphatic hydroxyl groups excluding tert-OH is 1. The van der Waals surface area contributed by atoms with Crippen LogP contribution in [0.1, 0.15) is 35.3 Å². The first-order valence-electron chi connectivity index (χ1n) is 6.07. The second-order valence-corrected chi connectivity index (χ2v) is 4.64. The number of aromatic carboxylic acids is 1. The van der Waals surface area contributed by atoms with Crippen LogP contribution < -0.4 is 5.32 Å². The van der Waals surface area contributed by atoms with Gasteiger partial charge >= 0.3 is 5.97 Å². The Kier molecular flexibility index (Phi) is 3.76. The van der Waals surface area contributed by atoms with E-state index in [-0.39, 0.29) is 17.6 Å². The normalized spacial score (nSPS) is 23.0. The molecule has 2 rings (SSSR count). The lowest BCUT2D eigenvalue weighted by molar-refractivity contribution is 0.0695. The number of aryl methyl sites for hydroxylation is 1. The van der Waals surface area contributed by atoms with Crippen LogP contribution in [0.5, 0.6) is 0 Å². The van der Waals surface area contributed by atoms with E-state index in [0.29, 0.717) is 18.2 Å². The summed E-state index contributed by atoms with van der Waals surface area (Å²) in [5.41, 5.74) is 0.549. The predicted octanol–water partition coefficient (Wildman–Crippen LogP) is 1.06. The molecular formula is C12H17N3O3. The van der Waals surface area contributed by atoms with Crippen LogP contribution in [0.15, 0.2) is 6.20 Å². The molecule has 3 N–H and O–H groups in total. The molecule has 1 saturated carbocycles. The highest BCUT2D eigenvalue weighted by atomic mass is 16.4. The number of carboxylic acid groups (broad SMARTS) is 1. The molecule has 1 aliphatic carbocycles. The van der Waals surface area contributed by atoms with Gasteiger partial charge in [-0.25, -0.2) is 14.8 Å². The zero-order valence-electron chi connectivity index (χ0n) is 10.3. The van der Waals surface area contributed by atoms with E-state index in [4.69, 9.17) is 5.11 Å². The zero-order chi connectivity index (χ0) is 13.1. The van der Waals surface area contributed by atoms with Crippen LogP contribution in [-0.2, 0) is 0 Å². The molecular weight excluding hydrogens is 234 g/mol. The first-order chi connectivity index (χ1) is 8.58. The quantitative estimate of drug-likeness (QED) is 0.740. The molecule has 6 heteroatoms.